The first-order chi connectivity index (χ1) is 9.77. The van der Waals surface area contributed by atoms with Crippen molar-refractivity contribution in [2.75, 3.05) is 18.4 Å². The summed E-state index contributed by atoms with van der Waals surface area (Å²) in [6.07, 6.45) is 0.492. The highest BCUT2D eigenvalue weighted by Gasteiger charge is 2.15. The Morgan fingerprint density at radius 2 is 1.90 bits per heavy atom. The first-order valence-electron chi connectivity index (χ1n) is 6.58. The maximum Gasteiger partial charge on any atom is 0.321 e. The Kier molecular flexibility index (Phi) is 7.22. The average Bonchev–Trinajstić information content (AvgIpc) is 2.32. The van der Waals surface area contributed by atoms with Crippen molar-refractivity contribution >= 4 is 52.1 Å². The van der Waals surface area contributed by atoms with Crippen molar-refractivity contribution in [1.29, 1.82) is 0 Å². The van der Waals surface area contributed by atoms with E-state index in [0.29, 0.717) is 46.1 Å². The van der Waals surface area contributed by atoms with E-state index in [1.807, 2.05) is 13.8 Å². The molecule has 0 spiro atoms. The van der Waals surface area contributed by atoms with Crippen molar-refractivity contribution in [3.05, 3.63) is 28.2 Å². The number of urea groups is 1. The van der Waals surface area contributed by atoms with E-state index in [1.165, 1.54) is 0 Å². The first-order valence-corrected chi connectivity index (χ1v) is 7.74. The normalized spacial score (nSPS) is 10.5. The summed E-state index contributed by atoms with van der Waals surface area (Å²) in [4.78, 5) is 14.4. The zero-order valence-electron chi connectivity index (χ0n) is 12.0. The number of thiocarbonyl (C=S) groups is 1. The molecule has 0 aromatic heterocycles. The summed E-state index contributed by atoms with van der Waals surface area (Å²) < 4.78 is 0. The number of hydrogen-bond acceptors (Lipinski definition) is 2. The van der Waals surface area contributed by atoms with Crippen LogP contribution in [0.5, 0.6) is 0 Å². The van der Waals surface area contributed by atoms with Crippen molar-refractivity contribution in [1.82, 2.24) is 4.90 Å². The third kappa shape index (κ3) is 6.98. The molecule has 0 aliphatic carbocycles. The number of hydrogen-bond donors (Lipinski definition) is 2. The van der Waals surface area contributed by atoms with Gasteiger partial charge >= 0.3 is 6.03 Å². The predicted octanol–water partition coefficient (Wildman–Crippen LogP) is 4.16. The van der Waals surface area contributed by atoms with Crippen molar-refractivity contribution in [2.45, 2.75) is 20.3 Å². The summed E-state index contributed by atoms with van der Waals surface area (Å²) in [5, 5.41) is 3.72. The molecule has 0 saturated carbocycles. The number of anilines is 1. The van der Waals surface area contributed by atoms with Crippen molar-refractivity contribution in [3.8, 4) is 0 Å². The second-order valence-electron chi connectivity index (χ2n) is 5.14. The van der Waals surface area contributed by atoms with E-state index in [9.17, 15) is 4.79 Å². The van der Waals surface area contributed by atoms with Gasteiger partial charge in [0, 0.05) is 35.2 Å². The first kappa shape index (κ1) is 18.0. The summed E-state index contributed by atoms with van der Waals surface area (Å²) in [6.45, 7) is 5.17. The van der Waals surface area contributed by atoms with E-state index in [0.717, 1.165) is 0 Å². The fraction of sp³-hybridized carbons (Fsp3) is 0.429. The third-order valence-corrected chi connectivity index (χ3v) is 3.26. The van der Waals surface area contributed by atoms with Gasteiger partial charge in [0.15, 0.2) is 0 Å². The van der Waals surface area contributed by atoms with Crippen molar-refractivity contribution in [3.63, 3.8) is 0 Å². The molecule has 0 unspecified atom stereocenters. The standard InChI is InChI=1S/C14H19Cl2N3OS/c1-9(2)8-19(4-3-13(17)21)14(20)18-12-6-10(15)5-11(16)7-12/h5-7,9H,3-4,8H2,1-2H3,(H2,17,21)(H,18,20). The van der Waals surface area contributed by atoms with Crippen LogP contribution in [0.1, 0.15) is 20.3 Å². The number of nitrogens with two attached hydrogens (primary N) is 1. The van der Waals surface area contributed by atoms with E-state index in [2.05, 4.69) is 5.32 Å². The number of nitrogens with zero attached hydrogens (tertiary/aromatic N) is 1. The van der Waals surface area contributed by atoms with Crippen molar-refractivity contribution in [2.24, 2.45) is 11.7 Å². The molecule has 2 amide bonds. The number of carbonyl (C=O) groups excluding carboxylic acids is 1. The van der Waals surface area contributed by atoms with E-state index in [4.69, 9.17) is 41.2 Å². The minimum atomic E-state index is -0.224. The predicted molar refractivity (Wildman–Crippen MR) is 93.3 cm³/mol. The molecule has 1 aromatic rings. The molecule has 4 nitrogen and oxygen atoms in total. The molecule has 0 saturated heterocycles. The van der Waals surface area contributed by atoms with E-state index >= 15 is 0 Å². The van der Waals surface area contributed by atoms with E-state index in [-0.39, 0.29) is 6.03 Å². The Labute approximate surface area is 140 Å². The fourth-order valence-electron chi connectivity index (χ4n) is 1.79. The van der Waals surface area contributed by atoms with Gasteiger partial charge in [-0.1, -0.05) is 49.3 Å². The van der Waals surface area contributed by atoms with Crippen LogP contribution < -0.4 is 11.1 Å². The molecule has 0 bridgehead atoms. The van der Waals surface area contributed by atoms with Crippen LogP contribution in [0.15, 0.2) is 18.2 Å². The maximum atomic E-state index is 12.3. The largest absolute Gasteiger partial charge is 0.393 e. The average molecular weight is 348 g/mol. The van der Waals surface area contributed by atoms with Crippen LogP contribution >= 0.6 is 35.4 Å². The molecule has 1 aromatic carbocycles. The number of rotatable bonds is 6. The minimum absolute atomic E-state index is 0.224. The second-order valence-corrected chi connectivity index (χ2v) is 6.54. The van der Waals surface area contributed by atoms with Gasteiger partial charge in [0.2, 0.25) is 0 Å². The van der Waals surface area contributed by atoms with Gasteiger partial charge in [-0.05, 0) is 24.1 Å². The Bertz CT molecular complexity index is 503. The summed E-state index contributed by atoms with van der Waals surface area (Å²) in [7, 11) is 0. The Balaban J connectivity index is 2.76. The van der Waals surface area contributed by atoms with Gasteiger partial charge < -0.3 is 16.0 Å². The second kappa shape index (κ2) is 8.41. The molecule has 116 valence electrons. The van der Waals surface area contributed by atoms with E-state index < -0.39 is 0 Å². The zero-order chi connectivity index (χ0) is 16.0. The number of carbonyl (C=O) groups is 1. The fourth-order valence-corrected chi connectivity index (χ4v) is 2.41. The molecule has 0 radical (unpaired) electrons. The van der Waals surface area contributed by atoms with Crippen molar-refractivity contribution < 1.29 is 4.79 Å². The SMILES string of the molecule is CC(C)CN(CCC(N)=S)C(=O)Nc1cc(Cl)cc(Cl)c1. The molecule has 0 aliphatic rings. The monoisotopic (exact) mass is 347 g/mol. The molecule has 7 heteroatoms. The van der Waals surface area contributed by atoms with Gasteiger partial charge in [-0.15, -0.1) is 0 Å². The summed E-state index contributed by atoms with van der Waals surface area (Å²) in [5.41, 5.74) is 6.06. The van der Waals surface area contributed by atoms with Crippen LogP contribution in [-0.4, -0.2) is 29.0 Å². The van der Waals surface area contributed by atoms with Gasteiger partial charge in [0.25, 0.3) is 0 Å². The number of halogens is 2. The quantitative estimate of drug-likeness (QED) is 0.759. The lowest BCUT2D eigenvalue weighted by Gasteiger charge is -2.25. The van der Waals surface area contributed by atoms with Gasteiger partial charge in [-0.3, -0.25) is 0 Å². The molecule has 1 rings (SSSR count). The van der Waals surface area contributed by atoms with Crippen LogP contribution in [0.3, 0.4) is 0 Å². The number of nitrogens with one attached hydrogen (secondary N) is 1. The lowest BCUT2D eigenvalue weighted by Crippen LogP contribution is -2.39. The van der Waals surface area contributed by atoms with E-state index in [1.54, 1.807) is 23.1 Å². The van der Waals surface area contributed by atoms with Gasteiger partial charge in [0.1, 0.15) is 0 Å². The zero-order valence-corrected chi connectivity index (χ0v) is 14.4. The maximum absolute atomic E-state index is 12.3. The smallest absolute Gasteiger partial charge is 0.321 e. The number of amides is 2. The van der Waals surface area contributed by atoms with Gasteiger partial charge in [-0.2, -0.15) is 0 Å². The minimum Gasteiger partial charge on any atom is -0.393 e. The molecule has 21 heavy (non-hydrogen) atoms. The Morgan fingerprint density at radius 1 is 1.33 bits per heavy atom. The molecule has 0 aliphatic heterocycles. The lowest BCUT2D eigenvalue weighted by molar-refractivity contribution is 0.206. The molecule has 0 atom stereocenters. The number of benzene rings is 1. The highest BCUT2D eigenvalue weighted by atomic mass is 35.5. The van der Waals surface area contributed by atoms with Crippen LogP contribution in [-0.2, 0) is 0 Å². The molecule has 3 N–H and O–H groups in total. The molecule has 0 fully saturated rings. The van der Waals surface area contributed by atoms with Gasteiger partial charge in [-0.25, -0.2) is 4.79 Å². The lowest BCUT2D eigenvalue weighted by atomic mass is 10.2. The summed E-state index contributed by atoms with van der Waals surface area (Å²) >= 11 is 16.7. The molecule has 0 heterocycles. The molecular formula is C14H19Cl2N3OS. The Morgan fingerprint density at radius 3 is 2.38 bits per heavy atom. The topological polar surface area (TPSA) is 58.4 Å². The third-order valence-electron chi connectivity index (χ3n) is 2.61. The highest BCUT2D eigenvalue weighted by Crippen LogP contribution is 2.22. The summed E-state index contributed by atoms with van der Waals surface area (Å²) in [6, 6.07) is 4.68. The Hall–Kier alpha value is -1.04. The van der Waals surface area contributed by atoms with Gasteiger partial charge in [0.05, 0.1) is 4.99 Å². The van der Waals surface area contributed by atoms with Crippen LogP contribution in [0.2, 0.25) is 10.0 Å². The summed E-state index contributed by atoms with van der Waals surface area (Å²) in [5.74, 6) is 0.338. The molecular weight excluding hydrogens is 329 g/mol. The highest BCUT2D eigenvalue weighted by molar-refractivity contribution is 7.80. The van der Waals surface area contributed by atoms with Crippen LogP contribution in [0.25, 0.3) is 0 Å². The van der Waals surface area contributed by atoms with Crippen LogP contribution in [0.4, 0.5) is 10.5 Å². The van der Waals surface area contributed by atoms with Crippen LogP contribution in [0, 0.1) is 5.92 Å².